The number of hydrogen-bond acceptors (Lipinski definition) is 5. The van der Waals surface area contributed by atoms with Gasteiger partial charge in [-0.25, -0.2) is 9.97 Å². The highest BCUT2D eigenvalue weighted by molar-refractivity contribution is 5.78. The van der Waals surface area contributed by atoms with Gasteiger partial charge in [-0.05, 0) is 24.1 Å². The van der Waals surface area contributed by atoms with Gasteiger partial charge in [-0.1, -0.05) is 12.1 Å². The van der Waals surface area contributed by atoms with Gasteiger partial charge in [0.1, 0.15) is 11.3 Å². The number of nitrogens with one attached hydrogen (secondary N) is 1. The van der Waals surface area contributed by atoms with E-state index in [1.165, 1.54) is 7.11 Å². The molecule has 2 aromatic heterocycles. The lowest BCUT2D eigenvalue weighted by molar-refractivity contribution is -0.139. The molecule has 0 radical (unpaired) electrons. The second-order valence-corrected chi connectivity index (χ2v) is 5.44. The van der Waals surface area contributed by atoms with E-state index in [1.807, 2.05) is 42.8 Å². The van der Waals surface area contributed by atoms with Gasteiger partial charge in [0.2, 0.25) is 0 Å². The predicted octanol–water partition coefficient (Wildman–Crippen LogP) is 2.74. The first-order valence-corrected chi connectivity index (χ1v) is 7.27. The average molecular weight is 310 g/mol. The Bertz CT molecular complexity index is 870. The molecule has 6 nitrogen and oxygen atoms in total. The first kappa shape index (κ1) is 15.0. The van der Waals surface area contributed by atoms with E-state index < -0.39 is 0 Å². The molecule has 0 saturated carbocycles. The molecule has 0 amide bonds. The van der Waals surface area contributed by atoms with Gasteiger partial charge in [0, 0.05) is 18.8 Å². The fraction of sp³-hybridized carbons (Fsp3) is 0.235. The van der Waals surface area contributed by atoms with Crippen molar-refractivity contribution in [3.63, 3.8) is 0 Å². The van der Waals surface area contributed by atoms with Gasteiger partial charge in [0.05, 0.1) is 31.6 Å². The van der Waals surface area contributed by atoms with Crippen molar-refractivity contribution < 1.29 is 9.53 Å². The summed E-state index contributed by atoms with van der Waals surface area (Å²) in [6, 6.07) is 7.80. The Balaban J connectivity index is 1.83. The highest BCUT2D eigenvalue weighted by Gasteiger charge is 2.07. The molecule has 0 aliphatic heterocycles. The minimum Gasteiger partial charge on any atom is -0.469 e. The molecular formula is C17H18N4O2. The maximum atomic E-state index is 11.3. The predicted molar refractivity (Wildman–Crippen MR) is 88.7 cm³/mol. The summed E-state index contributed by atoms with van der Waals surface area (Å²) in [4.78, 5) is 20.0. The summed E-state index contributed by atoms with van der Waals surface area (Å²) in [5, 5.41) is 3.31. The summed E-state index contributed by atoms with van der Waals surface area (Å²) >= 11 is 0. The maximum Gasteiger partial charge on any atom is 0.309 e. The standard InChI is InChI=1S/C17H18N4O2/c1-11-6-12(7-17(22)23-3)4-5-13(11)20-16-8-15-14(9-18-16)19-10-21(15)2/h4-6,8-10H,7H2,1-3H3,(H,18,20). The Labute approximate surface area is 134 Å². The highest BCUT2D eigenvalue weighted by atomic mass is 16.5. The van der Waals surface area contributed by atoms with Crippen molar-refractivity contribution in [1.29, 1.82) is 0 Å². The van der Waals surface area contributed by atoms with Gasteiger partial charge in [-0.15, -0.1) is 0 Å². The molecule has 3 aromatic rings. The topological polar surface area (TPSA) is 69.0 Å². The molecule has 0 unspecified atom stereocenters. The van der Waals surface area contributed by atoms with Crippen LogP contribution in [0.2, 0.25) is 0 Å². The molecule has 0 aliphatic rings. The van der Waals surface area contributed by atoms with Gasteiger partial charge < -0.3 is 14.6 Å². The number of carbonyl (C=O) groups excluding carboxylic acids is 1. The summed E-state index contributed by atoms with van der Waals surface area (Å²) in [5.41, 5.74) is 4.80. The molecule has 6 heteroatoms. The number of aryl methyl sites for hydroxylation is 2. The van der Waals surface area contributed by atoms with Crippen LogP contribution in [0.5, 0.6) is 0 Å². The van der Waals surface area contributed by atoms with Crippen LogP contribution in [-0.4, -0.2) is 27.6 Å². The zero-order valence-corrected chi connectivity index (χ0v) is 13.3. The molecule has 118 valence electrons. The third kappa shape index (κ3) is 3.15. The number of hydrogen-bond donors (Lipinski definition) is 1. The van der Waals surface area contributed by atoms with Crippen molar-refractivity contribution in [3.8, 4) is 0 Å². The van der Waals surface area contributed by atoms with E-state index in [2.05, 4.69) is 15.3 Å². The van der Waals surface area contributed by atoms with Crippen LogP contribution in [0.3, 0.4) is 0 Å². The normalized spacial score (nSPS) is 10.7. The fourth-order valence-electron chi connectivity index (χ4n) is 2.45. The van der Waals surface area contributed by atoms with Crippen LogP contribution in [0.15, 0.2) is 36.8 Å². The number of benzene rings is 1. The van der Waals surface area contributed by atoms with Gasteiger partial charge in [-0.3, -0.25) is 4.79 Å². The van der Waals surface area contributed by atoms with Crippen LogP contribution < -0.4 is 5.32 Å². The number of imidazole rings is 1. The van der Waals surface area contributed by atoms with Crippen molar-refractivity contribution in [2.24, 2.45) is 7.05 Å². The molecule has 2 heterocycles. The smallest absolute Gasteiger partial charge is 0.309 e. The van der Waals surface area contributed by atoms with Crippen molar-refractivity contribution in [1.82, 2.24) is 14.5 Å². The summed E-state index contributed by atoms with van der Waals surface area (Å²) < 4.78 is 6.64. The van der Waals surface area contributed by atoms with Crippen molar-refractivity contribution in [2.75, 3.05) is 12.4 Å². The van der Waals surface area contributed by atoms with Crippen LogP contribution in [-0.2, 0) is 23.0 Å². The maximum absolute atomic E-state index is 11.3. The van der Waals surface area contributed by atoms with Crippen LogP contribution >= 0.6 is 0 Å². The summed E-state index contributed by atoms with van der Waals surface area (Å²) in [7, 11) is 3.34. The average Bonchev–Trinajstić information content (AvgIpc) is 2.91. The van der Waals surface area contributed by atoms with E-state index in [4.69, 9.17) is 4.74 Å². The molecule has 0 spiro atoms. The number of esters is 1. The molecule has 0 bridgehead atoms. The molecule has 23 heavy (non-hydrogen) atoms. The lowest BCUT2D eigenvalue weighted by Crippen LogP contribution is -2.05. The molecule has 3 rings (SSSR count). The lowest BCUT2D eigenvalue weighted by Gasteiger charge is -2.10. The van der Waals surface area contributed by atoms with Crippen LogP contribution in [0.4, 0.5) is 11.5 Å². The molecule has 1 N–H and O–H groups in total. The Morgan fingerprint density at radius 2 is 2.13 bits per heavy atom. The number of fused-ring (bicyclic) bond motifs is 1. The van der Waals surface area contributed by atoms with Gasteiger partial charge in [0.25, 0.3) is 0 Å². The van der Waals surface area contributed by atoms with Crippen LogP contribution in [0, 0.1) is 6.92 Å². The number of ether oxygens (including phenoxy) is 1. The van der Waals surface area contributed by atoms with Crippen LogP contribution in [0.1, 0.15) is 11.1 Å². The number of methoxy groups -OCH3 is 1. The Hall–Kier alpha value is -2.89. The van der Waals surface area contributed by atoms with E-state index in [0.717, 1.165) is 33.7 Å². The second-order valence-electron chi connectivity index (χ2n) is 5.44. The Kier molecular flexibility index (Phi) is 3.97. The van der Waals surface area contributed by atoms with E-state index in [0.29, 0.717) is 0 Å². The monoisotopic (exact) mass is 310 g/mol. The first-order chi connectivity index (χ1) is 11.1. The number of aromatic nitrogens is 3. The van der Waals surface area contributed by atoms with Crippen LogP contribution in [0.25, 0.3) is 11.0 Å². The van der Waals surface area contributed by atoms with Crippen molar-refractivity contribution in [2.45, 2.75) is 13.3 Å². The zero-order chi connectivity index (χ0) is 16.4. The first-order valence-electron chi connectivity index (χ1n) is 7.27. The van der Waals surface area contributed by atoms with Gasteiger partial charge >= 0.3 is 5.97 Å². The van der Waals surface area contributed by atoms with E-state index >= 15 is 0 Å². The molecule has 0 fully saturated rings. The molecule has 0 atom stereocenters. The van der Waals surface area contributed by atoms with Crippen molar-refractivity contribution >= 4 is 28.5 Å². The van der Waals surface area contributed by atoms with Gasteiger partial charge in [0.15, 0.2) is 0 Å². The van der Waals surface area contributed by atoms with E-state index in [1.54, 1.807) is 12.5 Å². The molecule has 0 aliphatic carbocycles. The molecule has 0 saturated heterocycles. The number of rotatable bonds is 4. The Morgan fingerprint density at radius 3 is 2.87 bits per heavy atom. The number of nitrogens with zero attached hydrogens (tertiary/aromatic N) is 3. The van der Waals surface area contributed by atoms with E-state index in [9.17, 15) is 4.79 Å². The number of pyridine rings is 1. The number of anilines is 2. The third-order valence-electron chi connectivity index (χ3n) is 3.74. The fourth-order valence-corrected chi connectivity index (χ4v) is 2.45. The van der Waals surface area contributed by atoms with Crippen molar-refractivity contribution in [3.05, 3.63) is 47.9 Å². The van der Waals surface area contributed by atoms with Gasteiger partial charge in [-0.2, -0.15) is 0 Å². The highest BCUT2D eigenvalue weighted by Crippen LogP contribution is 2.23. The Morgan fingerprint density at radius 1 is 1.30 bits per heavy atom. The molecular weight excluding hydrogens is 292 g/mol. The lowest BCUT2D eigenvalue weighted by atomic mass is 10.1. The minimum absolute atomic E-state index is 0.242. The summed E-state index contributed by atoms with van der Waals surface area (Å²) in [6.45, 7) is 1.99. The number of carbonyl (C=O) groups is 1. The van der Waals surface area contributed by atoms with E-state index in [-0.39, 0.29) is 12.4 Å². The largest absolute Gasteiger partial charge is 0.469 e. The minimum atomic E-state index is -0.242. The zero-order valence-electron chi connectivity index (χ0n) is 13.3. The molecule has 1 aromatic carbocycles. The third-order valence-corrected chi connectivity index (χ3v) is 3.74. The SMILES string of the molecule is COC(=O)Cc1ccc(Nc2cc3c(cn2)ncn3C)c(C)c1. The summed E-state index contributed by atoms with van der Waals surface area (Å²) in [5.74, 6) is 0.512. The summed E-state index contributed by atoms with van der Waals surface area (Å²) in [6.07, 6.45) is 3.79. The second kappa shape index (κ2) is 6.08. The quantitative estimate of drug-likeness (QED) is 0.750.